The molecule has 3 N–H and O–H groups in total. The second-order valence-electron chi connectivity index (χ2n) is 2.45. The quantitative estimate of drug-likeness (QED) is 0.672. The number of nitrogens with zero attached hydrogens (tertiary/aromatic N) is 2. The van der Waals surface area contributed by atoms with Gasteiger partial charge in [-0.25, -0.2) is 0 Å². The predicted molar refractivity (Wildman–Crippen MR) is 43.1 cm³/mol. The summed E-state index contributed by atoms with van der Waals surface area (Å²) in [4.78, 5) is 3.75. The summed E-state index contributed by atoms with van der Waals surface area (Å²) in [7, 11) is 0. The van der Waals surface area contributed by atoms with Crippen LogP contribution >= 0.6 is 0 Å². The lowest BCUT2D eigenvalue weighted by Crippen LogP contribution is -2.09. The fraction of sp³-hybridized carbons (Fsp3) is 0.250. The molecule has 0 bridgehead atoms. The predicted octanol–water partition coefficient (Wildman–Crippen LogP) is 0.701. The summed E-state index contributed by atoms with van der Waals surface area (Å²) in [5.74, 6) is 0.0703. The third-order valence-electron chi connectivity index (χ3n) is 1.48. The summed E-state index contributed by atoms with van der Waals surface area (Å²) in [5.41, 5.74) is 6.28. The Bertz CT molecular complexity index is 305. The van der Waals surface area contributed by atoms with E-state index in [0.29, 0.717) is 5.56 Å². The lowest BCUT2D eigenvalue weighted by atomic mass is 10.1. The van der Waals surface area contributed by atoms with Gasteiger partial charge in [0, 0.05) is 12.2 Å². The molecule has 0 spiro atoms. The van der Waals surface area contributed by atoms with E-state index in [1.165, 1.54) is 12.3 Å². The number of hydrogen-bond acceptors (Lipinski definition) is 4. The van der Waals surface area contributed by atoms with E-state index in [1.54, 1.807) is 6.20 Å². The van der Waals surface area contributed by atoms with E-state index < -0.39 is 0 Å². The number of aromatic hydroxyl groups is 1. The molecule has 1 aromatic rings. The third-order valence-corrected chi connectivity index (χ3v) is 1.48. The Morgan fingerprint density at radius 2 is 2.42 bits per heavy atom. The van der Waals surface area contributed by atoms with Crippen LogP contribution in [0, 0.1) is 11.3 Å². The average Bonchev–Trinajstić information content (AvgIpc) is 2.05. The Kier molecular flexibility index (Phi) is 2.62. The van der Waals surface area contributed by atoms with Crippen LogP contribution in [0.3, 0.4) is 0 Å². The Balaban J connectivity index is 2.82. The van der Waals surface area contributed by atoms with E-state index in [0.717, 1.165) is 0 Å². The molecule has 0 aliphatic carbocycles. The van der Waals surface area contributed by atoms with Gasteiger partial charge in [-0.3, -0.25) is 4.98 Å². The van der Waals surface area contributed by atoms with E-state index in [-0.39, 0.29) is 18.2 Å². The minimum Gasteiger partial charge on any atom is -0.506 e. The van der Waals surface area contributed by atoms with Gasteiger partial charge >= 0.3 is 0 Å². The molecule has 0 saturated carbocycles. The van der Waals surface area contributed by atoms with Crippen LogP contribution in [0.25, 0.3) is 0 Å². The molecule has 0 saturated heterocycles. The summed E-state index contributed by atoms with van der Waals surface area (Å²) in [6, 6.07) is 3.09. The first kappa shape index (κ1) is 8.50. The lowest BCUT2D eigenvalue weighted by Gasteiger charge is -2.06. The fourth-order valence-electron chi connectivity index (χ4n) is 0.864. The van der Waals surface area contributed by atoms with Crippen LogP contribution in [0.2, 0.25) is 0 Å². The first-order valence-corrected chi connectivity index (χ1v) is 3.50. The molecule has 1 rings (SSSR count). The van der Waals surface area contributed by atoms with E-state index in [4.69, 9.17) is 16.1 Å². The molecule has 1 heterocycles. The number of nitriles is 1. The molecule has 0 fully saturated rings. The van der Waals surface area contributed by atoms with Crippen molar-refractivity contribution in [1.82, 2.24) is 4.98 Å². The lowest BCUT2D eigenvalue weighted by molar-refractivity contribution is 0.470. The molecular formula is C8H9N3O. The van der Waals surface area contributed by atoms with Crippen molar-refractivity contribution in [2.45, 2.75) is 12.5 Å². The maximum atomic E-state index is 9.03. The van der Waals surface area contributed by atoms with Gasteiger partial charge in [0.25, 0.3) is 0 Å². The normalized spacial score (nSPS) is 12.0. The molecule has 62 valence electrons. The van der Waals surface area contributed by atoms with Crippen molar-refractivity contribution in [1.29, 1.82) is 5.26 Å². The maximum absolute atomic E-state index is 9.03. The highest BCUT2D eigenvalue weighted by Gasteiger charge is 2.05. The van der Waals surface area contributed by atoms with Crippen LogP contribution in [-0.4, -0.2) is 10.1 Å². The van der Waals surface area contributed by atoms with E-state index in [1.807, 2.05) is 6.07 Å². The van der Waals surface area contributed by atoms with Crippen molar-refractivity contribution in [3.05, 3.63) is 24.0 Å². The number of aromatic nitrogens is 1. The van der Waals surface area contributed by atoms with Gasteiger partial charge in [0.05, 0.1) is 18.7 Å². The van der Waals surface area contributed by atoms with Crippen LogP contribution in [0.5, 0.6) is 5.75 Å². The van der Waals surface area contributed by atoms with Crippen molar-refractivity contribution in [2.24, 2.45) is 5.73 Å². The highest BCUT2D eigenvalue weighted by Crippen LogP contribution is 2.16. The minimum atomic E-state index is -0.366. The minimum absolute atomic E-state index is 0.0703. The molecule has 0 amide bonds. The first-order valence-electron chi connectivity index (χ1n) is 3.50. The molecule has 12 heavy (non-hydrogen) atoms. The maximum Gasteiger partial charge on any atom is 0.134 e. The Morgan fingerprint density at radius 1 is 1.67 bits per heavy atom. The first-order chi connectivity index (χ1) is 5.74. The van der Waals surface area contributed by atoms with Crippen LogP contribution in [-0.2, 0) is 0 Å². The summed E-state index contributed by atoms with van der Waals surface area (Å²) in [6.45, 7) is 0. The fourth-order valence-corrected chi connectivity index (χ4v) is 0.864. The van der Waals surface area contributed by atoms with Gasteiger partial charge in [-0.1, -0.05) is 0 Å². The zero-order valence-corrected chi connectivity index (χ0v) is 6.44. The standard InChI is InChI=1S/C8H9N3O/c9-2-1-8(10)6-3-7(12)5-11-4-6/h3-5,8,12H,1,10H2/t8-/m1/s1. The molecule has 0 aliphatic heterocycles. The third kappa shape index (κ3) is 1.94. The van der Waals surface area contributed by atoms with Gasteiger partial charge in [0.1, 0.15) is 5.75 Å². The number of rotatable bonds is 2. The van der Waals surface area contributed by atoms with Gasteiger partial charge in [0.15, 0.2) is 0 Å². The topological polar surface area (TPSA) is 82.9 Å². The molecule has 0 unspecified atom stereocenters. The largest absolute Gasteiger partial charge is 0.506 e. The Labute approximate surface area is 70.3 Å². The highest BCUT2D eigenvalue weighted by atomic mass is 16.3. The van der Waals surface area contributed by atoms with Crippen LogP contribution < -0.4 is 5.73 Å². The molecular weight excluding hydrogens is 154 g/mol. The summed E-state index contributed by atoms with van der Waals surface area (Å²) in [6.07, 6.45) is 3.09. The average molecular weight is 163 g/mol. The highest BCUT2D eigenvalue weighted by molar-refractivity contribution is 5.24. The number of hydrogen-bond donors (Lipinski definition) is 2. The summed E-state index contributed by atoms with van der Waals surface area (Å²) < 4.78 is 0. The smallest absolute Gasteiger partial charge is 0.134 e. The molecule has 0 aromatic carbocycles. The molecule has 1 aromatic heterocycles. The molecule has 1 atom stereocenters. The van der Waals surface area contributed by atoms with Crippen LogP contribution in [0.1, 0.15) is 18.0 Å². The van der Waals surface area contributed by atoms with Gasteiger partial charge in [0.2, 0.25) is 0 Å². The summed E-state index contributed by atoms with van der Waals surface area (Å²) in [5, 5.41) is 17.4. The van der Waals surface area contributed by atoms with Gasteiger partial charge in [-0.15, -0.1) is 0 Å². The second-order valence-corrected chi connectivity index (χ2v) is 2.45. The Morgan fingerprint density at radius 3 is 3.00 bits per heavy atom. The molecule has 0 aliphatic rings. The van der Waals surface area contributed by atoms with Crippen molar-refractivity contribution >= 4 is 0 Å². The van der Waals surface area contributed by atoms with Crippen molar-refractivity contribution in [2.75, 3.05) is 0 Å². The SMILES string of the molecule is N#CC[C@@H](N)c1cncc(O)c1. The van der Waals surface area contributed by atoms with Crippen LogP contribution in [0.4, 0.5) is 0 Å². The summed E-state index contributed by atoms with van der Waals surface area (Å²) >= 11 is 0. The van der Waals surface area contributed by atoms with Crippen molar-refractivity contribution in [3.63, 3.8) is 0 Å². The van der Waals surface area contributed by atoms with Gasteiger partial charge in [-0.05, 0) is 11.6 Å². The molecule has 4 nitrogen and oxygen atoms in total. The zero-order chi connectivity index (χ0) is 8.97. The van der Waals surface area contributed by atoms with Crippen LogP contribution in [0.15, 0.2) is 18.5 Å². The van der Waals surface area contributed by atoms with Crippen molar-refractivity contribution in [3.8, 4) is 11.8 Å². The second kappa shape index (κ2) is 3.69. The van der Waals surface area contributed by atoms with E-state index >= 15 is 0 Å². The Hall–Kier alpha value is -1.60. The van der Waals surface area contributed by atoms with Gasteiger partial charge < -0.3 is 10.8 Å². The van der Waals surface area contributed by atoms with E-state index in [2.05, 4.69) is 4.98 Å². The van der Waals surface area contributed by atoms with Gasteiger partial charge in [-0.2, -0.15) is 5.26 Å². The molecule has 4 heteroatoms. The zero-order valence-electron chi connectivity index (χ0n) is 6.44. The monoisotopic (exact) mass is 163 g/mol. The number of pyridine rings is 1. The van der Waals surface area contributed by atoms with E-state index in [9.17, 15) is 0 Å². The molecule has 0 radical (unpaired) electrons. The number of nitrogens with two attached hydrogens (primary N) is 1. The van der Waals surface area contributed by atoms with Crippen molar-refractivity contribution < 1.29 is 5.11 Å².